The van der Waals surface area contributed by atoms with E-state index < -0.39 is 0 Å². The van der Waals surface area contributed by atoms with Crippen molar-refractivity contribution in [3.8, 4) is 0 Å². The normalized spacial score (nSPS) is 19.1. The van der Waals surface area contributed by atoms with Gasteiger partial charge in [0.2, 0.25) is 0 Å². The second-order valence-electron chi connectivity index (χ2n) is 4.27. The zero-order chi connectivity index (χ0) is 9.47. The predicted molar refractivity (Wildman–Crippen MR) is 53.4 cm³/mol. The van der Waals surface area contributed by atoms with Crippen molar-refractivity contribution in [2.75, 3.05) is 0 Å². The van der Waals surface area contributed by atoms with Crippen LogP contribution in [0.2, 0.25) is 0 Å². The lowest BCUT2D eigenvalue weighted by Crippen LogP contribution is -2.21. The van der Waals surface area contributed by atoms with Crippen molar-refractivity contribution in [2.45, 2.75) is 38.1 Å². The van der Waals surface area contributed by atoms with Crippen molar-refractivity contribution in [1.29, 1.82) is 0 Å². The first kappa shape index (κ1) is 8.70. The molecule has 0 amide bonds. The zero-order valence-electron chi connectivity index (χ0n) is 8.25. The highest BCUT2D eigenvalue weighted by molar-refractivity contribution is 5.36. The number of hydrogen-bond donors (Lipinski definition) is 1. The van der Waals surface area contributed by atoms with E-state index >= 15 is 0 Å². The molecule has 2 rings (SSSR count). The Kier molecular flexibility index (Phi) is 1.88. The standard InChI is InChI=1S/C11H16N2/c1-8(2)9-3-6-13-7-10(9)11(12)4-5-11/h3,6-8H,4-5,12H2,1-2H3. The van der Waals surface area contributed by atoms with Crippen LogP contribution in [0.1, 0.15) is 43.7 Å². The Morgan fingerprint density at radius 3 is 2.69 bits per heavy atom. The topological polar surface area (TPSA) is 38.9 Å². The van der Waals surface area contributed by atoms with Gasteiger partial charge in [-0.2, -0.15) is 0 Å². The average Bonchev–Trinajstić information content (AvgIpc) is 2.85. The molecule has 0 saturated heterocycles. The van der Waals surface area contributed by atoms with Gasteiger partial charge in [0, 0.05) is 17.9 Å². The van der Waals surface area contributed by atoms with Gasteiger partial charge in [0.1, 0.15) is 0 Å². The summed E-state index contributed by atoms with van der Waals surface area (Å²) in [5.74, 6) is 0.541. The molecule has 0 atom stereocenters. The lowest BCUT2D eigenvalue weighted by Gasteiger charge is -2.16. The van der Waals surface area contributed by atoms with Crippen molar-refractivity contribution < 1.29 is 0 Å². The number of nitrogens with zero attached hydrogens (tertiary/aromatic N) is 1. The molecule has 1 fully saturated rings. The highest BCUT2D eigenvalue weighted by atomic mass is 14.8. The van der Waals surface area contributed by atoms with Crippen LogP contribution in [0.4, 0.5) is 0 Å². The predicted octanol–water partition coefficient (Wildman–Crippen LogP) is 2.15. The van der Waals surface area contributed by atoms with Crippen molar-refractivity contribution in [2.24, 2.45) is 5.73 Å². The number of pyridine rings is 1. The lowest BCUT2D eigenvalue weighted by atomic mass is 9.94. The summed E-state index contributed by atoms with van der Waals surface area (Å²) >= 11 is 0. The minimum atomic E-state index is -0.0478. The molecule has 0 radical (unpaired) electrons. The molecular weight excluding hydrogens is 160 g/mol. The summed E-state index contributed by atoms with van der Waals surface area (Å²) < 4.78 is 0. The Hall–Kier alpha value is -0.890. The average molecular weight is 176 g/mol. The van der Waals surface area contributed by atoms with Gasteiger partial charge in [0.05, 0.1) is 0 Å². The summed E-state index contributed by atoms with van der Waals surface area (Å²) in [6.45, 7) is 4.40. The van der Waals surface area contributed by atoms with Crippen LogP contribution in [0.15, 0.2) is 18.5 Å². The number of rotatable bonds is 2. The van der Waals surface area contributed by atoms with Crippen molar-refractivity contribution in [3.63, 3.8) is 0 Å². The molecule has 0 bridgehead atoms. The molecule has 2 heteroatoms. The van der Waals surface area contributed by atoms with Crippen LogP contribution in [-0.4, -0.2) is 4.98 Å². The third-order valence-corrected chi connectivity index (χ3v) is 2.80. The van der Waals surface area contributed by atoms with E-state index in [1.165, 1.54) is 11.1 Å². The Bertz CT molecular complexity index is 314. The molecule has 2 nitrogen and oxygen atoms in total. The Balaban J connectivity index is 2.44. The largest absolute Gasteiger partial charge is 0.321 e. The summed E-state index contributed by atoms with van der Waals surface area (Å²) in [6, 6.07) is 2.09. The smallest absolute Gasteiger partial charge is 0.0429 e. The fourth-order valence-electron chi connectivity index (χ4n) is 1.73. The maximum absolute atomic E-state index is 6.17. The molecule has 1 aromatic rings. The SMILES string of the molecule is CC(C)c1ccncc1C1(N)CC1. The van der Waals surface area contributed by atoms with Crippen LogP contribution >= 0.6 is 0 Å². The lowest BCUT2D eigenvalue weighted by molar-refractivity contribution is 0.702. The van der Waals surface area contributed by atoms with E-state index in [1.807, 2.05) is 12.4 Å². The van der Waals surface area contributed by atoms with Gasteiger partial charge in [-0.15, -0.1) is 0 Å². The third-order valence-electron chi connectivity index (χ3n) is 2.80. The fraction of sp³-hybridized carbons (Fsp3) is 0.545. The van der Waals surface area contributed by atoms with Gasteiger partial charge in [-0.3, -0.25) is 4.98 Å². The van der Waals surface area contributed by atoms with Gasteiger partial charge in [-0.1, -0.05) is 13.8 Å². The van der Waals surface area contributed by atoms with Gasteiger partial charge in [-0.25, -0.2) is 0 Å². The van der Waals surface area contributed by atoms with Crippen molar-refractivity contribution in [3.05, 3.63) is 29.6 Å². The molecular formula is C11H16N2. The highest BCUT2D eigenvalue weighted by Gasteiger charge is 2.41. The fourth-order valence-corrected chi connectivity index (χ4v) is 1.73. The molecule has 0 spiro atoms. The van der Waals surface area contributed by atoms with Gasteiger partial charge in [0.25, 0.3) is 0 Å². The summed E-state index contributed by atoms with van der Waals surface area (Å²) in [5, 5.41) is 0. The van der Waals surface area contributed by atoms with E-state index in [2.05, 4.69) is 24.9 Å². The first-order chi connectivity index (χ1) is 6.13. The van der Waals surface area contributed by atoms with Gasteiger partial charge >= 0.3 is 0 Å². The highest BCUT2D eigenvalue weighted by Crippen LogP contribution is 2.44. The van der Waals surface area contributed by atoms with E-state index in [4.69, 9.17) is 5.73 Å². The molecule has 13 heavy (non-hydrogen) atoms. The van der Waals surface area contributed by atoms with Gasteiger partial charge in [-0.05, 0) is 36.0 Å². The molecule has 2 N–H and O–H groups in total. The minimum Gasteiger partial charge on any atom is -0.321 e. The maximum atomic E-state index is 6.17. The number of nitrogens with two attached hydrogens (primary N) is 1. The summed E-state index contributed by atoms with van der Waals surface area (Å²) in [4.78, 5) is 4.15. The first-order valence-electron chi connectivity index (χ1n) is 4.87. The van der Waals surface area contributed by atoms with E-state index in [1.54, 1.807) is 0 Å². The molecule has 1 heterocycles. The van der Waals surface area contributed by atoms with Gasteiger partial charge in [0.15, 0.2) is 0 Å². The van der Waals surface area contributed by atoms with Crippen molar-refractivity contribution >= 4 is 0 Å². The summed E-state index contributed by atoms with van der Waals surface area (Å²) in [7, 11) is 0. The second kappa shape index (κ2) is 2.81. The molecule has 70 valence electrons. The van der Waals surface area contributed by atoms with Crippen LogP contribution in [-0.2, 0) is 5.54 Å². The van der Waals surface area contributed by atoms with E-state index in [0.29, 0.717) is 5.92 Å². The molecule has 0 aromatic carbocycles. The van der Waals surface area contributed by atoms with Crippen LogP contribution < -0.4 is 5.73 Å². The third kappa shape index (κ3) is 1.46. The van der Waals surface area contributed by atoms with Crippen LogP contribution in [0.25, 0.3) is 0 Å². The van der Waals surface area contributed by atoms with E-state index in [-0.39, 0.29) is 5.54 Å². The molecule has 1 aromatic heterocycles. The molecule has 0 unspecified atom stereocenters. The van der Waals surface area contributed by atoms with E-state index in [0.717, 1.165) is 12.8 Å². The quantitative estimate of drug-likeness (QED) is 0.750. The minimum absolute atomic E-state index is 0.0478. The Morgan fingerprint density at radius 2 is 2.15 bits per heavy atom. The monoisotopic (exact) mass is 176 g/mol. The van der Waals surface area contributed by atoms with E-state index in [9.17, 15) is 0 Å². The van der Waals surface area contributed by atoms with Gasteiger partial charge < -0.3 is 5.73 Å². The first-order valence-corrected chi connectivity index (χ1v) is 4.87. The number of aromatic nitrogens is 1. The molecule has 1 saturated carbocycles. The number of hydrogen-bond acceptors (Lipinski definition) is 2. The molecule has 1 aliphatic carbocycles. The molecule has 1 aliphatic rings. The Labute approximate surface area is 79.2 Å². The van der Waals surface area contributed by atoms with Crippen LogP contribution in [0, 0.1) is 0 Å². The second-order valence-corrected chi connectivity index (χ2v) is 4.27. The summed E-state index contributed by atoms with van der Waals surface area (Å²) in [6.07, 6.45) is 6.00. The zero-order valence-corrected chi connectivity index (χ0v) is 8.25. The van der Waals surface area contributed by atoms with Crippen LogP contribution in [0.3, 0.4) is 0 Å². The van der Waals surface area contributed by atoms with Crippen molar-refractivity contribution in [1.82, 2.24) is 4.98 Å². The summed E-state index contributed by atoms with van der Waals surface area (Å²) in [5.41, 5.74) is 8.73. The van der Waals surface area contributed by atoms with Crippen LogP contribution in [0.5, 0.6) is 0 Å². The maximum Gasteiger partial charge on any atom is 0.0429 e. The Morgan fingerprint density at radius 1 is 1.46 bits per heavy atom. The molecule has 0 aliphatic heterocycles.